The highest BCUT2D eigenvalue weighted by molar-refractivity contribution is 7.79. The van der Waals surface area contributed by atoms with Gasteiger partial charge in [-0.1, -0.05) is 72.8 Å². The van der Waals surface area contributed by atoms with Gasteiger partial charge in [0, 0.05) is 16.7 Å². The predicted octanol–water partition coefficient (Wildman–Crippen LogP) is 18.9. The second kappa shape index (κ2) is 21.6. The molecule has 49 heteroatoms. The molecular formula is C41H13F48P. The molecule has 0 saturated carbocycles. The van der Waals surface area contributed by atoms with Crippen molar-refractivity contribution in [2.75, 3.05) is 0 Å². The van der Waals surface area contributed by atoms with Crippen molar-refractivity contribution in [1.29, 1.82) is 0 Å². The third-order valence-electron chi connectivity index (χ3n) is 12.2. The highest BCUT2D eigenvalue weighted by Gasteiger charge is 2.98. The van der Waals surface area contributed by atoms with E-state index in [2.05, 4.69) is 0 Å². The van der Waals surface area contributed by atoms with Crippen molar-refractivity contribution in [1.82, 2.24) is 0 Å². The second-order valence-corrected chi connectivity index (χ2v) is 20.0. The SMILES string of the molecule is FC(F)C(F)(F)C(F)(F)C(F)(F)C(F)(F)C(F)(F)C(F)(F)c1ccc(P(c2ccc(C(F)(F)C(F)(F)C(F)(F)C(F)(F)C(F)(F)C(F)(F)C(F)(F)C(F)(F)F)cc2)c2ccc(C(F)(F)C(F)(F)C(F)(F)C(F)(F)C(F)(F)C(F)(F)C(F)(F)C(F)(F)F)cc2)cc1. The minimum Gasteiger partial charge on any atom is -0.203 e. The summed E-state index contributed by atoms with van der Waals surface area (Å²) >= 11 is 0. The number of halogens is 48. The molecule has 3 rings (SSSR count). The smallest absolute Gasteiger partial charge is 0.203 e. The van der Waals surface area contributed by atoms with Gasteiger partial charge in [0.1, 0.15) is 0 Å². The van der Waals surface area contributed by atoms with E-state index in [1.165, 1.54) is 0 Å². The summed E-state index contributed by atoms with van der Waals surface area (Å²) in [5.41, 5.74) is -9.53. The number of alkyl halides is 48. The Bertz CT molecular complexity index is 2870. The maximum absolute atomic E-state index is 15.2. The van der Waals surface area contributed by atoms with E-state index in [1.807, 2.05) is 0 Å². The Kier molecular flexibility index (Phi) is 19.0. The van der Waals surface area contributed by atoms with Gasteiger partial charge >= 0.3 is 137 Å². The third kappa shape index (κ3) is 10.3. The van der Waals surface area contributed by atoms with Crippen LogP contribution in [0.25, 0.3) is 0 Å². The van der Waals surface area contributed by atoms with Crippen LogP contribution < -0.4 is 15.9 Å². The van der Waals surface area contributed by atoms with E-state index in [9.17, 15) is 184 Å². The Morgan fingerprint density at radius 3 is 0.489 bits per heavy atom. The molecule has 0 unspecified atom stereocenters. The molecule has 3 aromatic rings. The van der Waals surface area contributed by atoms with Crippen LogP contribution in [0.1, 0.15) is 16.7 Å². The van der Waals surface area contributed by atoms with Crippen LogP contribution in [0.4, 0.5) is 211 Å². The molecule has 0 aromatic heterocycles. The van der Waals surface area contributed by atoms with E-state index in [-0.39, 0.29) is 0 Å². The minimum atomic E-state index is -9.25. The summed E-state index contributed by atoms with van der Waals surface area (Å²) in [6.45, 7) is 0. The summed E-state index contributed by atoms with van der Waals surface area (Å²) < 4.78 is 670. The number of hydrogen-bond acceptors (Lipinski definition) is 0. The van der Waals surface area contributed by atoms with E-state index in [0.29, 0.717) is 0 Å². The lowest BCUT2D eigenvalue weighted by Gasteiger charge is -2.42. The van der Waals surface area contributed by atoms with E-state index in [1.54, 1.807) is 0 Å². The average Bonchev–Trinajstić information content (AvgIpc) is 0.712. The minimum absolute atomic E-state index is 0.504. The van der Waals surface area contributed by atoms with Crippen molar-refractivity contribution in [3.05, 3.63) is 89.5 Å². The molecule has 0 heterocycles. The molecule has 0 saturated heterocycles. The van der Waals surface area contributed by atoms with Crippen molar-refractivity contribution in [2.24, 2.45) is 0 Å². The van der Waals surface area contributed by atoms with Gasteiger partial charge in [0.15, 0.2) is 0 Å². The topological polar surface area (TPSA) is 0 Å². The van der Waals surface area contributed by atoms with Crippen LogP contribution in [0, 0.1) is 0 Å². The number of rotatable bonds is 24. The van der Waals surface area contributed by atoms with E-state index < -0.39 is 251 Å². The molecule has 0 nitrogen and oxygen atoms in total. The Morgan fingerprint density at radius 2 is 0.333 bits per heavy atom. The van der Waals surface area contributed by atoms with Gasteiger partial charge in [0.25, 0.3) is 0 Å². The van der Waals surface area contributed by atoms with Crippen molar-refractivity contribution >= 4 is 23.8 Å². The molecule has 0 radical (unpaired) electrons. The predicted molar refractivity (Wildman–Crippen MR) is 199 cm³/mol. The zero-order chi connectivity index (χ0) is 72.1. The molecule has 518 valence electrons. The molecule has 0 amide bonds. The largest absolute Gasteiger partial charge is 0.460 e. The normalized spacial score (nSPS) is 16.2. The van der Waals surface area contributed by atoms with E-state index in [4.69, 9.17) is 0 Å². The zero-order valence-corrected chi connectivity index (χ0v) is 41.0. The van der Waals surface area contributed by atoms with E-state index >= 15 is 26.3 Å². The lowest BCUT2D eigenvalue weighted by atomic mass is 9.87. The van der Waals surface area contributed by atoms with Crippen LogP contribution in [0.15, 0.2) is 72.8 Å². The summed E-state index contributed by atoms with van der Waals surface area (Å²) in [6.07, 6.45) is -22.7. The third-order valence-corrected chi connectivity index (χ3v) is 14.6. The molecule has 90 heavy (non-hydrogen) atoms. The molecule has 0 fully saturated rings. The average molecular weight is 1450 g/mol. The summed E-state index contributed by atoms with van der Waals surface area (Å²) in [5, 5.41) is -4.60. The molecule has 0 aliphatic heterocycles. The number of benzene rings is 3. The Hall–Kier alpha value is -5.27. The second-order valence-electron chi connectivity index (χ2n) is 17.8. The molecule has 0 aliphatic carbocycles. The van der Waals surface area contributed by atoms with Gasteiger partial charge in [-0.2, -0.15) is 202 Å². The van der Waals surface area contributed by atoms with Crippen molar-refractivity contribution in [3.8, 4) is 0 Å². The maximum Gasteiger partial charge on any atom is 0.460 e. The molecule has 0 aliphatic rings. The van der Waals surface area contributed by atoms with E-state index in [0.717, 1.165) is 0 Å². The van der Waals surface area contributed by atoms with Crippen molar-refractivity contribution in [3.63, 3.8) is 0 Å². The van der Waals surface area contributed by atoms with Crippen LogP contribution in [0.3, 0.4) is 0 Å². The molecule has 3 aromatic carbocycles. The molecule has 0 N–H and O–H groups in total. The Balaban J connectivity index is 2.42. The zero-order valence-electron chi connectivity index (χ0n) is 40.1. The molecule has 0 bridgehead atoms. The molecule has 0 spiro atoms. The maximum atomic E-state index is 15.2. The summed E-state index contributed by atoms with van der Waals surface area (Å²) in [4.78, 5) is 0. The fourth-order valence-corrected chi connectivity index (χ4v) is 8.95. The molecule has 0 atom stereocenters. The first-order valence-corrected chi connectivity index (χ1v) is 22.4. The van der Waals surface area contributed by atoms with Crippen LogP contribution in [-0.4, -0.2) is 119 Å². The first kappa shape index (κ1) is 79.0. The highest BCUT2D eigenvalue weighted by Crippen LogP contribution is 2.68. The first-order chi connectivity index (χ1) is 39.0. The van der Waals surface area contributed by atoms with Gasteiger partial charge < -0.3 is 0 Å². The highest BCUT2D eigenvalue weighted by atomic mass is 31.1. The lowest BCUT2D eigenvalue weighted by molar-refractivity contribution is -0.462. The van der Waals surface area contributed by atoms with Crippen molar-refractivity contribution in [2.45, 2.75) is 137 Å². The lowest BCUT2D eigenvalue weighted by Crippen LogP contribution is -2.74. The van der Waals surface area contributed by atoms with Gasteiger partial charge in [-0.3, -0.25) is 0 Å². The number of hydrogen-bond donors (Lipinski definition) is 0. The summed E-state index contributed by atoms with van der Waals surface area (Å²) in [5.74, 6) is -172. The summed E-state index contributed by atoms with van der Waals surface area (Å²) in [6, 6.07) is -9.20. The first-order valence-electron chi connectivity index (χ1n) is 21.1. The molecular weight excluding hydrogens is 1440 g/mol. The quantitative estimate of drug-likeness (QED) is 0.0619. The van der Waals surface area contributed by atoms with Gasteiger partial charge in [-0.25, -0.2) is 8.78 Å². The van der Waals surface area contributed by atoms with Gasteiger partial charge in [0.05, 0.1) is 0 Å². The fourth-order valence-electron chi connectivity index (χ4n) is 6.72. The van der Waals surface area contributed by atoms with Crippen LogP contribution in [0.2, 0.25) is 0 Å². The van der Waals surface area contributed by atoms with Gasteiger partial charge in [-0.15, -0.1) is 0 Å². The van der Waals surface area contributed by atoms with Crippen LogP contribution in [0.5, 0.6) is 0 Å². The Morgan fingerprint density at radius 1 is 0.189 bits per heavy atom. The Labute approximate surface area is 461 Å². The van der Waals surface area contributed by atoms with Crippen LogP contribution in [-0.2, 0) is 17.8 Å². The van der Waals surface area contributed by atoms with Crippen LogP contribution >= 0.6 is 7.92 Å². The van der Waals surface area contributed by atoms with Gasteiger partial charge in [-0.05, 0) is 23.8 Å². The monoisotopic (exact) mass is 1450 g/mol. The fraction of sp³-hybridized carbons (Fsp3) is 0.561. The standard InChI is InChI=1S/C41H13F48P/c42-19(43)23(50,51)27(58,59)31(66,67)28(60,61)24(52,53)20(44,45)13-1-7-16(8-2-13)90(17-9-3-14(4-10-17)21(46,47)25(54,55)29(62,63)32(68,69)34(72,73)36(76,77)38(80,81)40(84,85)86)18-11-5-15(6-12-18)22(48,49)26(56,57)30(64,65)33(70,71)35(74,75)37(78,79)39(82,83)41(87,88)89/h1-12,19H. The summed E-state index contributed by atoms with van der Waals surface area (Å²) in [7, 11) is -3.98. The van der Waals surface area contributed by atoms with Crippen molar-refractivity contribution < 1.29 is 211 Å². The van der Waals surface area contributed by atoms with Gasteiger partial charge in [0.2, 0.25) is 0 Å².